The molecule has 120 valence electrons. The molecule has 6 heteroatoms. The van der Waals surface area contributed by atoms with Crippen LogP contribution in [0.1, 0.15) is 25.7 Å². The Morgan fingerprint density at radius 3 is 2.45 bits per heavy atom. The van der Waals surface area contributed by atoms with Gasteiger partial charge < -0.3 is 15.3 Å². The van der Waals surface area contributed by atoms with Crippen molar-refractivity contribution in [1.29, 1.82) is 0 Å². The topological polar surface area (TPSA) is 69.6 Å². The summed E-state index contributed by atoms with van der Waals surface area (Å²) in [5, 5.41) is 11.4. The number of carboxylic acid groups (broad SMARTS) is 1. The van der Waals surface area contributed by atoms with Crippen molar-refractivity contribution in [1.82, 2.24) is 4.90 Å². The van der Waals surface area contributed by atoms with E-state index in [1.54, 1.807) is 12.1 Å². The van der Waals surface area contributed by atoms with Crippen molar-refractivity contribution >= 4 is 17.6 Å². The molecular weight excluding hydrogens is 287 g/mol. The molecule has 0 radical (unpaired) electrons. The third kappa shape index (κ3) is 5.11. The van der Waals surface area contributed by atoms with Gasteiger partial charge in [0.05, 0.1) is 0 Å². The van der Waals surface area contributed by atoms with Crippen LogP contribution in [-0.2, 0) is 9.59 Å². The van der Waals surface area contributed by atoms with Crippen molar-refractivity contribution in [2.24, 2.45) is 5.92 Å². The molecule has 0 aliphatic carbocycles. The molecular formula is C16H21FN2O3. The molecule has 1 aromatic carbocycles. The van der Waals surface area contributed by atoms with E-state index in [0.717, 1.165) is 32.5 Å². The first-order chi connectivity index (χ1) is 10.5. The van der Waals surface area contributed by atoms with Gasteiger partial charge in [0.25, 0.3) is 0 Å². The maximum Gasteiger partial charge on any atom is 0.303 e. The molecule has 0 bridgehead atoms. The molecule has 2 N–H and O–H groups in total. The maximum atomic E-state index is 12.8. The zero-order chi connectivity index (χ0) is 15.9. The van der Waals surface area contributed by atoms with E-state index in [1.807, 2.05) is 0 Å². The molecule has 1 fully saturated rings. The molecule has 5 nitrogen and oxygen atoms in total. The monoisotopic (exact) mass is 308 g/mol. The lowest BCUT2D eigenvalue weighted by molar-refractivity contribution is -0.137. The van der Waals surface area contributed by atoms with Crippen molar-refractivity contribution in [2.45, 2.75) is 25.7 Å². The molecule has 0 spiro atoms. The number of rotatable bonds is 6. The van der Waals surface area contributed by atoms with Crippen molar-refractivity contribution in [3.63, 3.8) is 0 Å². The number of nitrogens with one attached hydrogen (secondary N) is 1. The first-order valence-electron chi connectivity index (χ1n) is 7.55. The number of aliphatic carboxylic acids is 1. The van der Waals surface area contributed by atoms with Crippen LogP contribution < -0.4 is 5.32 Å². The predicted molar refractivity (Wildman–Crippen MR) is 81.1 cm³/mol. The van der Waals surface area contributed by atoms with Gasteiger partial charge in [0.1, 0.15) is 5.82 Å². The fourth-order valence-electron chi connectivity index (χ4n) is 2.65. The maximum absolute atomic E-state index is 12.8. The summed E-state index contributed by atoms with van der Waals surface area (Å²) in [6.45, 7) is 2.38. The van der Waals surface area contributed by atoms with Gasteiger partial charge >= 0.3 is 5.97 Å². The number of amides is 1. The Bertz CT molecular complexity index is 511. The van der Waals surface area contributed by atoms with Crippen LogP contribution in [0, 0.1) is 11.7 Å². The largest absolute Gasteiger partial charge is 0.481 e. The second kappa shape index (κ2) is 7.89. The Balaban J connectivity index is 1.72. The summed E-state index contributed by atoms with van der Waals surface area (Å²) in [6.07, 6.45) is 2.35. The normalized spacial score (nSPS) is 16.4. The van der Waals surface area contributed by atoms with Crippen LogP contribution >= 0.6 is 0 Å². The summed E-state index contributed by atoms with van der Waals surface area (Å²) in [7, 11) is 0. The lowest BCUT2D eigenvalue weighted by Gasteiger charge is -2.31. The third-order valence-electron chi connectivity index (χ3n) is 3.94. The standard InChI is InChI=1S/C16H21FN2O3/c17-13-3-5-14(6-4-13)18-16(22)12-7-10-19(11-8-12)9-1-2-15(20)21/h3-6,12H,1-2,7-11H2,(H,18,22)(H,20,21). The fourth-order valence-corrected chi connectivity index (χ4v) is 2.65. The van der Waals surface area contributed by atoms with Gasteiger partial charge in [0.15, 0.2) is 0 Å². The first kappa shape index (κ1) is 16.4. The number of nitrogens with zero attached hydrogens (tertiary/aromatic N) is 1. The number of hydrogen-bond donors (Lipinski definition) is 2. The van der Waals surface area contributed by atoms with E-state index in [-0.39, 0.29) is 24.1 Å². The number of carbonyl (C=O) groups excluding carboxylic acids is 1. The minimum atomic E-state index is -0.770. The molecule has 1 amide bonds. The number of anilines is 1. The number of hydrogen-bond acceptors (Lipinski definition) is 3. The zero-order valence-corrected chi connectivity index (χ0v) is 12.4. The van der Waals surface area contributed by atoms with Gasteiger partial charge in [-0.15, -0.1) is 0 Å². The summed E-state index contributed by atoms with van der Waals surface area (Å²) in [5.41, 5.74) is 0.607. The summed E-state index contributed by atoms with van der Waals surface area (Å²) < 4.78 is 12.8. The second-order valence-corrected chi connectivity index (χ2v) is 5.61. The number of likely N-dealkylation sites (tertiary alicyclic amines) is 1. The lowest BCUT2D eigenvalue weighted by atomic mass is 9.95. The Hall–Kier alpha value is -1.95. The van der Waals surface area contributed by atoms with Crippen LogP contribution in [0.25, 0.3) is 0 Å². The van der Waals surface area contributed by atoms with E-state index in [4.69, 9.17) is 5.11 Å². The second-order valence-electron chi connectivity index (χ2n) is 5.61. The van der Waals surface area contributed by atoms with E-state index in [1.165, 1.54) is 12.1 Å². The lowest BCUT2D eigenvalue weighted by Crippen LogP contribution is -2.38. The summed E-state index contributed by atoms with van der Waals surface area (Å²) in [4.78, 5) is 24.8. The van der Waals surface area contributed by atoms with Crippen LogP contribution in [0.5, 0.6) is 0 Å². The molecule has 0 unspecified atom stereocenters. The van der Waals surface area contributed by atoms with Crippen LogP contribution in [0.3, 0.4) is 0 Å². The SMILES string of the molecule is O=C(O)CCCN1CCC(C(=O)Nc2ccc(F)cc2)CC1. The number of benzene rings is 1. The molecule has 1 saturated heterocycles. The Morgan fingerprint density at radius 1 is 1.23 bits per heavy atom. The first-order valence-corrected chi connectivity index (χ1v) is 7.55. The predicted octanol–water partition coefficient (Wildman–Crippen LogP) is 2.34. The smallest absolute Gasteiger partial charge is 0.303 e. The van der Waals surface area contributed by atoms with E-state index < -0.39 is 5.97 Å². The number of carboxylic acids is 1. The van der Waals surface area contributed by atoms with Gasteiger partial charge in [0, 0.05) is 18.0 Å². The molecule has 1 aromatic rings. The highest BCUT2D eigenvalue weighted by Crippen LogP contribution is 2.20. The summed E-state index contributed by atoms with van der Waals surface area (Å²) in [5.74, 6) is -1.17. The number of piperidine rings is 1. The average Bonchev–Trinajstić information content (AvgIpc) is 2.50. The molecule has 1 aliphatic heterocycles. The number of carbonyl (C=O) groups is 2. The molecule has 0 aromatic heterocycles. The molecule has 2 rings (SSSR count). The molecule has 22 heavy (non-hydrogen) atoms. The van der Waals surface area contributed by atoms with E-state index in [0.29, 0.717) is 12.1 Å². The molecule has 1 heterocycles. The van der Waals surface area contributed by atoms with Crippen molar-refractivity contribution < 1.29 is 19.1 Å². The van der Waals surface area contributed by atoms with Crippen LogP contribution in [0.2, 0.25) is 0 Å². The van der Waals surface area contributed by atoms with Crippen LogP contribution in [-0.4, -0.2) is 41.5 Å². The summed E-state index contributed by atoms with van der Waals surface area (Å²) in [6, 6.07) is 5.74. The molecule has 1 aliphatic rings. The van der Waals surface area contributed by atoms with Crippen LogP contribution in [0.15, 0.2) is 24.3 Å². The van der Waals surface area contributed by atoms with Gasteiger partial charge in [-0.3, -0.25) is 9.59 Å². The molecule has 0 atom stereocenters. The van der Waals surface area contributed by atoms with E-state index in [9.17, 15) is 14.0 Å². The number of halogens is 1. The van der Waals surface area contributed by atoms with Crippen molar-refractivity contribution in [3.05, 3.63) is 30.1 Å². The highest BCUT2D eigenvalue weighted by Gasteiger charge is 2.24. The minimum absolute atomic E-state index is 0.0307. The highest BCUT2D eigenvalue weighted by molar-refractivity contribution is 5.92. The third-order valence-corrected chi connectivity index (χ3v) is 3.94. The van der Waals surface area contributed by atoms with Gasteiger partial charge in [-0.25, -0.2) is 4.39 Å². The molecule has 0 saturated carbocycles. The van der Waals surface area contributed by atoms with Gasteiger partial charge in [-0.1, -0.05) is 0 Å². The Morgan fingerprint density at radius 2 is 1.86 bits per heavy atom. The highest BCUT2D eigenvalue weighted by atomic mass is 19.1. The van der Waals surface area contributed by atoms with Crippen LogP contribution in [0.4, 0.5) is 10.1 Å². The van der Waals surface area contributed by atoms with Gasteiger partial charge in [-0.2, -0.15) is 0 Å². The van der Waals surface area contributed by atoms with Crippen molar-refractivity contribution in [2.75, 3.05) is 25.0 Å². The quantitative estimate of drug-likeness (QED) is 0.846. The zero-order valence-electron chi connectivity index (χ0n) is 12.4. The fraction of sp³-hybridized carbons (Fsp3) is 0.500. The van der Waals surface area contributed by atoms with Crippen molar-refractivity contribution in [3.8, 4) is 0 Å². The Kier molecular flexibility index (Phi) is 5.89. The van der Waals surface area contributed by atoms with E-state index in [2.05, 4.69) is 10.2 Å². The Labute approximate surface area is 129 Å². The van der Waals surface area contributed by atoms with Gasteiger partial charge in [0.2, 0.25) is 5.91 Å². The minimum Gasteiger partial charge on any atom is -0.481 e. The van der Waals surface area contributed by atoms with E-state index >= 15 is 0 Å². The van der Waals surface area contributed by atoms with Gasteiger partial charge in [-0.05, 0) is 63.2 Å². The summed E-state index contributed by atoms with van der Waals surface area (Å²) >= 11 is 0. The average molecular weight is 308 g/mol.